The molecule has 2 aromatic heterocycles. The van der Waals surface area contributed by atoms with Gasteiger partial charge in [0.15, 0.2) is 11.5 Å². The predicted molar refractivity (Wildman–Crippen MR) is 125 cm³/mol. The van der Waals surface area contributed by atoms with E-state index in [0.717, 1.165) is 30.4 Å². The number of rotatable bonds is 8. The molecule has 3 heterocycles. The van der Waals surface area contributed by atoms with Crippen LogP contribution in [0.1, 0.15) is 46.7 Å². The van der Waals surface area contributed by atoms with Gasteiger partial charge in [-0.1, -0.05) is 17.7 Å². The lowest BCUT2D eigenvalue weighted by atomic mass is 9.93. The Labute approximate surface area is 201 Å². The maximum absolute atomic E-state index is 12.8. The van der Waals surface area contributed by atoms with Gasteiger partial charge >= 0.3 is 0 Å². The molecule has 4 rings (SSSR count). The molecule has 3 aromatic rings. The van der Waals surface area contributed by atoms with Crippen molar-refractivity contribution in [2.75, 3.05) is 19.6 Å². The summed E-state index contributed by atoms with van der Waals surface area (Å²) in [4.78, 5) is 28.0. The van der Waals surface area contributed by atoms with Crippen LogP contribution in [0.5, 0.6) is 0 Å². The molecule has 1 aliphatic heterocycles. The number of carbonyl (C=O) groups excluding carboxylic acids is 2. The highest BCUT2D eigenvalue weighted by Gasteiger charge is 2.21. The third-order valence-corrected chi connectivity index (χ3v) is 6.02. The Morgan fingerprint density at radius 3 is 2.82 bits per heavy atom. The smallest absolute Gasteiger partial charge is 0.273 e. The summed E-state index contributed by atoms with van der Waals surface area (Å²) < 4.78 is 0. The minimum atomic E-state index is -0.234. The molecular formula is C22H26ClN9O2. The van der Waals surface area contributed by atoms with Crippen LogP contribution >= 0.6 is 11.6 Å². The SMILES string of the molecule is Cc1nnn(Cc2cc(Cl)ccc2C=CC(=O)N2CCC(CCNC(=O)c3cn[nH]n3)CC2)n1. The lowest BCUT2D eigenvalue weighted by Gasteiger charge is -2.31. The molecule has 2 amide bonds. The van der Waals surface area contributed by atoms with Gasteiger partial charge in [-0.3, -0.25) is 9.59 Å². The molecule has 0 saturated carbocycles. The zero-order chi connectivity index (χ0) is 23.9. The number of hydrogen-bond acceptors (Lipinski definition) is 7. The molecule has 11 nitrogen and oxygen atoms in total. The fraction of sp³-hybridized carbons (Fsp3) is 0.409. The van der Waals surface area contributed by atoms with E-state index in [1.54, 1.807) is 19.1 Å². The number of aryl methyl sites for hydroxylation is 1. The summed E-state index contributed by atoms with van der Waals surface area (Å²) in [6.07, 6.45) is 7.48. The van der Waals surface area contributed by atoms with E-state index in [4.69, 9.17) is 11.6 Å². The molecule has 0 radical (unpaired) electrons. The fourth-order valence-corrected chi connectivity index (χ4v) is 4.11. The van der Waals surface area contributed by atoms with Crippen LogP contribution < -0.4 is 5.32 Å². The zero-order valence-corrected chi connectivity index (χ0v) is 19.6. The number of carbonyl (C=O) groups is 2. The van der Waals surface area contributed by atoms with E-state index in [2.05, 4.69) is 36.1 Å². The van der Waals surface area contributed by atoms with Gasteiger partial charge in [0.05, 0.1) is 12.7 Å². The minimum absolute atomic E-state index is 0.0200. The Morgan fingerprint density at radius 2 is 2.12 bits per heavy atom. The van der Waals surface area contributed by atoms with Crippen LogP contribution in [-0.4, -0.2) is 72.0 Å². The molecule has 1 aliphatic rings. The molecule has 2 N–H and O–H groups in total. The number of nitrogens with zero attached hydrogens (tertiary/aromatic N) is 7. The van der Waals surface area contributed by atoms with Crippen molar-refractivity contribution in [3.8, 4) is 0 Å². The highest BCUT2D eigenvalue weighted by molar-refractivity contribution is 6.30. The molecule has 0 bridgehead atoms. The second kappa shape index (κ2) is 11.0. The Hall–Kier alpha value is -3.60. The van der Waals surface area contributed by atoms with Crippen molar-refractivity contribution in [1.29, 1.82) is 0 Å². The number of amides is 2. The van der Waals surface area contributed by atoms with Gasteiger partial charge in [0.1, 0.15) is 0 Å². The Balaban J connectivity index is 1.26. The molecule has 0 spiro atoms. The van der Waals surface area contributed by atoms with Crippen molar-refractivity contribution >= 4 is 29.5 Å². The first-order chi connectivity index (χ1) is 16.5. The van der Waals surface area contributed by atoms with Gasteiger partial charge in [-0.2, -0.15) is 20.2 Å². The van der Waals surface area contributed by atoms with Crippen LogP contribution in [0.25, 0.3) is 6.08 Å². The van der Waals surface area contributed by atoms with Crippen molar-refractivity contribution in [2.45, 2.75) is 32.7 Å². The van der Waals surface area contributed by atoms with Crippen LogP contribution in [-0.2, 0) is 11.3 Å². The number of likely N-dealkylation sites (tertiary alicyclic amines) is 1. The van der Waals surface area contributed by atoms with Gasteiger partial charge in [0.25, 0.3) is 5.91 Å². The first-order valence-corrected chi connectivity index (χ1v) is 11.5. The summed E-state index contributed by atoms with van der Waals surface area (Å²) >= 11 is 6.17. The molecule has 0 atom stereocenters. The largest absolute Gasteiger partial charge is 0.351 e. The summed E-state index contributed by atoms with van der Waals surface area (Å²) in [6, 6.07) is 5.52. The molecule has 34 heavy (non-hydrogen) atoms. The fourth-order valence-electron chi connectivity index (χ4n) is 3.92. The van der Waals surface area contributed by atoms with E-state index in [1.807, 2.05) is 23.1 Å². The Bertz CT molecular complexity index is 1150. The number of piperidine rings is 1. The lowest BCUT2D eigenvalue weighted by molar-refractivity contribution is -0.127. The Morgan fingerprint density at radius 1 is 1.29 bits per heavy atom. The van der Waals surface area contributed by atoms with Gasteiger partial charge in [-0.15, -0.1) is 10.2 Å². The summed E-state index contributed by atoms with van der Waals surface area (Å²) in [5.74, 6) is 0.804. The molecular weight excluding hydrogens is 458 g/mol. The second-order valence-electron chi connectivity index (χ2n) is 8.21. The van der Waals surface area contributed by atoms with Crippen LogP contribution in [0, 0.1) is 12.8 Å². The predicted octanol–water partition coefficient (Wildman–Crippen LogP) is 1.87. The minimum Gasteiger partial charge on any atom is -0.351 e. The average molecular weight is 484 g/mol. The standard InChI is InChI=1S/C22H26ClN9O2/c1-15-26-30-32(28-15)14-18-12-19(23)4-2-17(18)3-5-21(33)31-10-7-16(8-11-31)6-9-24-22(34)20-13-25-29-27-20/h2-5,12-13,16H,6-11,14H2,1H3,(H,24,34)(H,25,27,29). The zero-order valence-electron chi connectivity index (χ0n) is 18.8. The highest BCUT2D eigenvalue weighted by atomic mass is 35.5. The first kappa shape index (κ1) is 23.6. The van der Waals surface area contributed by atoms with Gasteiger partial charge in [-0.25, -0.2) is 0 Å². The molecule has 12 heteroatoms. The lowest BCUT2D eigenvalue weighted by Crippen LogP contribution is -2.38. The van der Waals surface area contributed by atoms with E-state index < -0.39 is 0 Å². The van der Waals surface area contributed by atoms with Gasteiger partial charge < -0.3 is 10.2 Å². The number of H-pyrrole nitrogens is 1. The maximum atomic E-state index is 12.8. The Kier molecular flexibility index (Phi) is 7.63. The van der Waals surface area contributed by atoms with E-state index in [-0.39, 0.29) is 17.5 Å². The molecule has 178 valence electrons. The van der Waals surface area contributed by atoms with E-state index in [0.29, 0.717) is 42.9 Å². The summed E-state index contributed by atoms with van der Waals surface area (Å²) in [5.41, 5.74) is 2.06. The highest BCUT2D eigenvalue weighted by Crippen LogP contribution is 2.21. The van der Waals surface area contributed by atoms with E-state index in [1.165, 1.54) is 11.0 Å². The van der Waals surface area contributed by atoms with Crippen molar-refractivity contribution in [2.24, 2.45) is 5.92 Å². The van der Waals surface area contributed by atoms with Crippen LogP contribution in [0.3, 0.4) is 0 Å². The third-order valence-electron chi connectivity index (χ3n) is 5.79. The number of nitrogens with one attached hydrogen (secondary N) is 2. The van der Waals surface area contributed by atoms with Crippen molar-refractivity contribution in [1.82, 2.24) is 45.8 Å². The van der Waals surface area contributed by atoms with Crippen LogP contribution in [0.2, 0.25) is 5.02 Å². The third kappa shape index (κ3) is 6.25. The van der Waals surface area contributed by atoms with Crippen molar-refractivity contribution in [3.05, 3.63) is 58.1 Å². The van der Waals surface area contributed by atoms with Crippen LogP contribution in [0.15, 0.2) is 30.5 Å². The molecule has 0 aliphatic carbocycles. The average Bonchev–Trinajstić information content (AvgIpc) is 3.51. The first-order valence-electron chi connectivity index (χ1n) is 11.1. The normalized spacial score (nSPS) is 14.6. The number of aromatic amines is 1. The maximum Gasteiger partial charge on any atom is 0.273 e. The van der Waals surface area contributed by atoms with E-state index in [9.17, 15) is 9.59 Å². The van der Waals surface area contributed by atoms with Crippen molar-refractivity contribution < 1.29 is 9.59 Å². The molecule has 1 saturated heterocycles. The second-order valence-corrected chi connectivity index (χ2v) is 8.65. The van der Waals surface area contributed by atoms with Crippen molar-refractivity contribution in [3.63, 3.8) is 0 Å². The topological polar surface area (TPSA) is 135 Å². The van der Waals surface area contributed by atoms with Gasteiger partial charge in [0.2, 0.25) is 5.91 Å². The van der Waals surface area contributed by atoms with E-state index >= 15 is 0 Å². The number of benzene rings is 1. The molecule has 0 unspecified atom stereocenters. The molecule has 1 fully saturated rings. The van der Waals surface area contributed by atoms with Gasteiger partial charge in [-0.05, 0) is 66.7 Å². The number of tetrazole rings is 1. The summed E-state index contributed by atoms with van der Waals surface area (Å²) in [6.45, 7) is 4.15. The number of aromatic nitrogens is 7. The number of hydrogen-bond donors (Lipinski definition) is 2. The number of halogens is 1. The molecule has 1 aromatic carbocycles. The summed E-state index contributed by atoms with van der Waals surface area (Å²) in [7, 11) is 0. The van der Waals surface area contributed by atoms with Gasteiger partial charge in [0, 0.05) is 30.7 Å². The quantitative estimate of drug-likeness (QED) is 0.467. The van der Waals surface area contributed by atoms with Crippen LogP contribution in [0.4, 0.5) is 0 Å². The monoisotopic (exact) mass is 483 g/mol. The summed E-state index contributed by atoms with van der Waals surface area (Å²) in [5, 5.41) is 25.4.